The van der Waals surface area contributed by atoms with Gasteiger partial charge in [0, 0.05) is 23.2 Å². The summed E-state index contributed by atoms with van der Waals surface area (Å²) in [6.07, 6.45) is -0.611. The number of aliphatic carboxylic acids is 1. The van der Waals surface area contributed by atoms with E-state index in [9.17, 15) is 14.4 Å². The summed E-state index contributed by atoms with van der Waals surface area (Å²) >= 11 is 0. The van der Waals surface area contributed by atoms with Crippen molar-refractivity contribution in [3.63, 3.8) is 0 Å². The van der Waals surface area contributed by atoms with Gasteiger partial charge in [0.1, 0.15) is 6.61 Å². The first-order chi connectivity index (χ1) is 16.8. The van der Waals surface area contributed by atoms with Gasteiger partial charge >= 0.3 is 12.1 Å². The molecule has 0 aliphatic heterocycles. The molecule has 4 rings (SSSR count). The SMILES string of the molecule is Cc1c(NC(=O)OCC2c3ccccc3-c3ccccc32)cccc1C(=O)NC(C)C(C)C(=O)O. The van der Waals surface area contributed by atoms with E-state index in [1.165, 1.54) is 6.92 Å². The number of hydrogen-bond donors (Lipinski definition) is 3. The zero-order valence-electron chi connectivity index (χ0n) is 19.9. The summed E-state index contributed by atoms with van der Waals surface area (Å²) in [6.45, 7) is 5.09. The summed E-state index contributed by atoms with van der Waals surface area (Å²) in [5, 5.41) is 14.6. The highest BCUT2D eigenvalue weighted by molar-refractivity contribution is 5.98. The predicted molar refractivity (Wildman–Crippen MR) is 134 cm³/mol. The van der Waals surface area contributed by atoms with Gasteiger partial charge in [-0.3, -0.25) is 14.9 Å². The lowest BCUT2D eigenvalue weighted by Crippen LogP contribution is -2.40. The van der Waals surface area contributed by atoms with Crippen LogP contribution in [0.5, 0.6) is 0 Å². The van der Waals surface area contributed by atoms with Gasteiger partial charge in [-0.05, 0) is 60.7 Å². The van der Waals surface area contributed by atoms with Crippen LogP contribution in [0.25, 0.3) is 11.1 Å². The third-order valence-electron chi connectivity index (χ3n) is 6.66. The normalized spacial score (nSPS) is 13.8. The van der Waals surface area contributed by atoms with Crippen molar-refractivity contribution in [3.8, 4) is 11.1 Å². The number of carbonyl (C=O) groups excluding carboxylic acids is 2. The van der Waals surface area contributed by atoms with Crippen molar-refractivity contribution in [2.24, 2.45) is 5.92 Å². The van der Waals surface area contributed by atoms with Crippen LogP contribution in [0.2, 0.25) is 0 Å². The number of carboxylic acid groups (broad SMARTS) is 1. The summed E-state index contributed by atoms with van der Waals surface area (Å²) in [5.74, 6) is -2.18. The highest BCUT2D eigenvalue weighted by Crippen LogP contribution is 2.44. The molecule has 0 bridgehead atoms. The molecule has 3 aromatic rings. The van der Waals surface area contributed by atoms with E-state index in [1.54, 1.807) is 32.0 Å². The van der Waals surface area contributed by atoms with E-state index in [-0.39, 0.29) is 12.5 Å². The molecule has 2 amide bonds. The van der Waals surface area contributed by atoms with Gasteiger partial charge in [-0.1, -0.05) is 54.6 Å². The highest BCUT2D eigenvalue weighted by Gasteiger charge is 2.29. The maximum absolute atomic E-state index is 12.7. The zero-order valence-corrected chi connectivity index (χ0v) is 19.9. The number of hydrogen-bond acceptors (Lipinski definition) is 4. The lowest BCUT2D eigenvalue weighted by atomic mass is 9.98. The van der Waals surface area contributed by atoms with E-state index >= 15 is 0 Å². The highest BCUT2D eigenvalue weighted by atomic mass is 16.5. The molecule has 35 heavy (non-hydrogen) atoms. The number of nitrogens with one attached hydrogen (secondary N) is 2. The first-order valence-corrected chi connectivity index (χ1v) is 11.5. The maximum Gasteiger partial charge on any atom is 0.411 e. The van der Waals surface area contributed by atoms with E-state index in [0.29, 0.717) is 16.8 Å². The molecule has 1 aliphatic carbocycles. The molecule has 2 atom stereocenters. The molecule has 180 valence electrons. The fraction of sp³-hybridized carbons (Fsp3) is 0.250. The standard InChI is InChI=1S/C28H28N2O5/c1-16(27(32)33)18(3)29-26(31)19-13-8-14-25(17(19)2)30-28(34)35-15-24-22-11-6-4-9-20(22)21-10-5-7-12-23(21)24/h4-14,16,18,24H,15H2,1-3H3,(H,29,31)(H,30,34)(H,32,33). The number of fused-ring (bicyclic) bond motifs is 3. The molecule has 7 heteroatoms. The Morgan fingerprint density at radius 3 is 2.11 bits per heavy atom. The molecule has 0 spiro atoms. The Bertz CT molecular complexity index is 1240. The number of rotatable bonds is 7. The first kappa shape index (κ1) is 24.0. The van der Waals surface area contributed by atoms with Crippen LogP contribution < -0.4 is 10.6 Å². The number of carboxylic acids is 1. The van der Waals surface area contributed by atoms with Crippen LogP contribution in [0.4, 0.5) is 10.5 Å². The Kier molecular flexibility index (Phi) is 6.87. The molecular formula is C28H28N2O5. The molecule has 2 unspecified atom stereocenters. The van der Waals surface area contributed by atoms with E-state index in [2.05, 4.69) is 34.9 Å². The summed E-state index contributed by atoms with van der Waals surface area (Å²) < 4.78 is 5.61. The van der Waals surface area contributed by atoms with Crippen molar-refractivity contribution >= 4 is 23.7 Å². The Morgan fingerprint density at radius 2 is 1.51 bits per heavy atom. The molecule has 0 saturated heterocycles. The third-order valence-corrected chi connectivity index (χ3v) is 6.66. The van der Waals surface area contributed by atoms with Crippen LogP contribution in [-0.2, 0) is 9.53 Å². The summed E-state index contributed by atoms with van der Waals surface area (Å²) in [7, 11) is 0. The fourth-order valence-corrected chi connectivity index (χ4v) is 4.38. The largest absolute Gasteiger partial charge is 0.481 e. The first-order valence-electron chi connectivity index (χ1n) is 11.5. The molecule has 3 aromatic carbocycles. The molecule has 0 radical (unpaired) electrons. The monoisotopic (exact) mass is 472 g/mol. The van der Waals surface area contributed by atoms with Crippen molar-refractivity contribution in [1.82, 2.24) is 5.32 Å². The average molecular weight is 473 g/mol. The van der Waals surface area contributed by atoms with Crippen molar-refractivity contribution in [2.75, 3.05) is 11.9 Å². The van der Waals surface area contributed by atoms with Gasteiger partial charge < -0.3 is 15.2 Å². The predicted octanol–water partition coefficient (Wildman–Crippen LogP) is 5.20. The molecule has 0 heterocycles. The lowest BCUT2D eigenvalue weighted by molar-refractivity contribution is -0.141. The van der Waals surface area contributed by atoms with Crippen molar-refractivity contribution in [2.45, 2.75) is 32.7 Å². The molecule has 0 saturated carbocycles. The summed E-state index contributed by atoms with van der Waals surface area (Å²) in [5.41, 5.74) is 5.92. The van der Waals surface area contributed by atoms with Gasteiger partial charge in [-0.15, -0.1) is 0 Å². The van der Waals surface area contributed by atoms with Crippen LogP contribution in [0.1, 0.15) is 46.8 Å². The van der Waals surface area contributed by atoms with E-state index in [0.717, 1.165) is 22.3 Å². The van der Waals surface area contributed by atoms with Gasteiger partial charge in [-0.25, -0.2) is 4.79 Å². The minimum Gasteiger partial charge on any atom is -0.481 e. The maximum atomic E-state index is 12.7. The van der Waals surface area contributed by atoms with Crippen molar-refractivity contribution in [1.29, 1.82) is 0 Å². The lowest BCUT2D eigenvalue weighted by Gasteiger charge is -2.19. The Balaban J connectivity index is 1.43. The minimum atomic E-state index is -0.986. The Morgan fingerprint density at radius 1 is 0.914 bits per heavy atom. The zero-order chi connectivity index (χ0) is 25.1. The molecule has 0 aromatic heterocycles. The second kappa shape index (κ2) is 10.0. The Hall–Kier alpha value is -4.13. The van der Waals surface area contributed by atoms with Crippen LogP contribution in [0, 0.1) is 12.8 Å². The topological polar surface area (TPSA) is 105 Å². The molecule has 0 fully saturated rings. The van der Waals surface area contributed by atoms with Gasteiger partial charge in [0.2, 0.25) is 0 Å². The van der Waals surface area contributed by atoms with E-state index in [4.69, 9.17) is 9.84 Å². The molecule has 3 N–H and O–H groups in total. The van der Waals surface area contributed by atoms with Gasteiger partial charge in [0.05, 0.1) is 5.92 Å². The van der Waals surface area contributed by atoms with Crippen molar-refractivity contribution in [3.05, 3.63) is 89.0 Å². The second-order valence-corrected chi connectivity index (χ2v) is 8.82. The van der Waals surface area contributed by atoms with Crippen LogP contribution in [0.15, 0.2) is 66.7 Å². The summed E-state index contributed by atoms with van der Waals surface area (Å²) in [4.78, 5) is 36.6. The number of carbonyl (C=O) groups is 3. The van der Waals surface area contributed by atoms with Crippen molar-refractivity contribution < 1.29 is 24.2 Å². The fourth-order valence-electron chi connectivity index (χ4n) is 4.38. The molecular weight excluding hydrogens is 444 g/mol. The minimum absolute atomic E-state index is 0.0518. The van der Waals surface area contributed by atoms with Crippen LogP contribution in [0.3, 0.4) is 0 Å². The number of ether oxygens (including phenoxy) is 1. The Labute approximate surface area is 204 Å². The van der Waals surface area contributed by atoms with Crippen LogP contribution >= 0.6 is 0 Å². The third kappa shape index (κ3) is 4.89. The number of anilines is 1. The van der Waals surface area contributed by atoms with Gasteiger partial charge in [-0.2, -0.15) is 0 Å². The average Bonchev–Trinajstić information content (AvgIpc) is 3.17. The molecule has 7 nitrogen and oxygen atoms in total. The van der Waals surface area contributed by atoms with E-state index < -0.39 is 29.9 Å². The summed E-state index contributed by atoms with van der Waals surface area (Å²) in [6, 6.07) is 20.7. The quantitative estimate of drug-likeness (QED) is 0.439. The number of amides is 2. The second-order valence-electron chi connectivity index (χ2n) is 8.82. The van der Waals surface area contributed by atoms with Gasteiger partial charge in [0.25, 0.3) is 5.91 Å². The van der Waals surface area contributed by atoms with E-state index in [1.807, 2.05) is 24.3 Å². The smallest absolute Gasteiger partial charge is 0.411 e. The van der Waals surface area contributed by atoms with Gasteiger partial charge in [0.15, 0.2) is 0 Å². The number of benzene rings is 3. The van der Waals surface area contributed by atoms with Crippen LogP contribution in [-0.4, -0.2) is 35.7 Å². The molecule has 1 aliphatic rings.